The fraction of sp³-hybridized carbons (Fsp3) is 0.429. The van der Waals surface area contributed by atoms with Crippen molar-refractivity contribution in [1.29, 1.82) is 0 Å². The van der Waals surface area contributed by atoms with E-state index in [1.165, 1.54) is 12.1 Å². The molecule has 27 heavy (non-hydrogen) atoms. The summed E-state index contributed by atoms with van der Waals surface area (Å²) >= 11 is 0. The molecule has 2 N–H and O–H groups in total. The first-order valence-electron chi connectivity index (χ1n) is 8.93. The molecule has 0 amide bonds. The number of nitrogens with zero attached hydrogens (tertiary/aromatic N) is 2. The number of rotatable bonds is 4. The summed E-state index contributed by atoms with van der Waals surface area (Å²) in [6.45, 7) is 12.4. The van der Waals surface area contributed by atoms with E-state index in [-0.39, 0.29) is 16.5 Å². The fourth-order valence-electron chi connectivity index (χ4n) is 2.87. The van der Waals surface area contributed by atoms with Gasteiger partial charge in [0.1, 0.15) is 5.75 Å². The molecule has 0 aliphatic carbocycles. The lowest BCUT2D eigenvalue weighted by atomic mass is 9.79. The zero-order chi connectivity index (χ0) is 20.6. The normalized spacial score (nSPS) is 12.0. The van der Waals surface area contributed by atoms with E-state index in [1.54, 1.807) is 12.1 Å². The van der Waals surface area contributed by atoms with E-state index in [2.05, 4.69) is 47.0 Å². The van der Waals surface area contributed by atoms with Gasteiger partial charge in [-0.1, -0.05) is 41.5 Å². The predicted molar refractivity (Wildman–Crippen MR) is 111 cm³/mol. The van der Waals surface area contributed by atoms with Crippen LogP contribution in [0.4, 0.5) is 17.1 Å². The number of phenolic OH excluding ortho intramolecular Hbond substituents is 1. The highest BCUT2D eigenvalue weighted by atomic mass is 16.6. The van der Waals surface area contributed by atoms with Gasteiger partial charge < -0.3 is 5.11 Å². The second-order valence-corrected chi connectivity index (χ2v) is 8.86. The molecule has 0 radical (unpaired) electrons. The number of non-ortho nitro benzene ring substituents is 1. The molecule has 146 valence electrons. The number of anilines is 2. The summed E-state index contributed by atoms with van der Waals surface area (Å²) < 4.78 is 0. The monoisotopic (exact) mass is 371 g/mol. The van der Waals surface area contributed by atoms with Gasteiger partial charge in [0.25, 0.3) is 5.69 Å². The summed E-state index contributed by atoms with van der Waals surface area (Å²) in [5, 5.41) is 23.5. The summed E-state index contributed by atoms with van der Waals surface area (Å²) in [7, 11) is 1.88. The van der Waals surface area contributed by atoms with E-state index in [4.69, 9.17) is 0 Å². The van der Waals surface area contributed by atoms with Gasteiger partial charge in [0.2, 0.25) is 0 Å². The number of nitro benzene ring substituents is 1. The van der Waals surface area contributed by atoms with Crippen LogP contribution in [-0.2, 0) is 10.8 Å². The summed E-state index contributed by atoms with van der Waals surface area (Å²) in [4.78, 5) is 10.4. The van der Waals surface area contributed by atoms with Crippen molar-refractivity contribution in [3.05, 3.63) is 57.6 Å². The standard InChI is InChI=1S/C21H29N3O3/c1-20(2,3)17-12-16(13-18(19(17)25)21(4,5)6)23(7)22-14-8-10-15(11-9-14)24(26)27/h8-13,22,25H,1-7H3. The Bertz CT molecular complexity index is 796. The molecule has 0 aliphatic heterocycles. The molecule has 0 heterocycles. The Morgan fingerprint density at radius 1 is 0.963 bits per heavy atom. The Hall–Kier alpha value is -2.76. The third-order valence-corrected chi connectivity index (χ3v) is 4.47. The molecule has 2 aromatic rings. The van der Waals surface area contributed by atoms with Crippen LogP contribution in [0.3, 0.4) is 0 Å². The van der Waals surface area contributed by atoms with Crippen molar-refractivity contribution in [1.82, 2.24) is 0 Å². The van der Waals surface area contributed by atoms with E-state index >= 15 is 0 Å². The Balaban J connectivity index is 2.42. The van der Waals surface area contributed by atoms with Crippen LogP contribution in [0.5, 0.6) is 5.75 Å². The van der Waals surface area contributed by atoms with Crippen LogP contribution < -0.4 is 10.4 Å². The van der Waals surface area contributed by atoms with Crippen molar-refractivity contribution in [2.45, 2.75) is 52.4 Å². The van der Waals surface area contributed by atoms with Crippen molar-refractivity contribution in [2.24, 2.45) is 0 Å². The number of benzene rings is 2. The number of hydrogen-bond donors (Lipinski definition) is 2. The SMILES string of the molecule is CN(Nc1ccc([N+](=O)[O-])cc1)c1cc(C(C)(C)C)c(O)c(C(C)(C)C)c1. The smallest absolute Gasteiger partial charge is 0.269 e. The minimum absolute atomic E-state index is 0.0536. The molecular weight excluding hydrogens is 342 g/mol. The molecule has 0 aromatic heterocycles. The van der Waals surface area contributed by atoms with Crippen molar-refractivity contribution in [3.63, 3.8) is 0 Å². The first kappa shape index (κ1) is 20.6. The molecule has 2 rings (SSSR count). The Morgan fingerprint density at radius 3 is 1.78 bits per heavy atom. The lowest BCUT2D eigenvalue weighted by Gasteiger charge is -2.31. The molecular formula is C21H29N3O3. The zero-order valence-electron chi connectivity index (χ0n) is 17.1. The van der Waals surface area contributed by atoms with E-state index in [1.807, 2.05) is 24.2 Å². The van der Waals surface area contributed by atoms with Gasteiger partial charge in [-0.15, -0.1) is 0 Å². The Kier molecular flexibility index (Phi) is 5.40. The van der Waals surface area contributed by atoms with Gasteiger partial charge in [0, 0.05) is 30.3 Å². The van der Waals surface area contributed by atoms with Crippen LogP contribution in [0, 0.1) is 10.1 Å². The summed E-state index contributed by atoms with van der Waals surface area (Å²) in [5.74, 6) is 0.336. The molecule has 6 nitrogen and oxygen atoms in total. The van der Waals surface area contributed by atoms with Gasteiger partial charge in [0.05, 0.1) is 16.3 Å². The van der Waals surface area contributed by atoms with E-state index < -0.39 is 4.92 Å². The molecule has 0 atom stereocenters. The fourth-order valence-corrected chi connectivity index (χ4v) is 2.87. The van der Waals surface area contributed by atoms with Crippen LogP contribution in [0.2, 0.25) is 0 Å². The average Bonchev–Trinajstić information content (AvgIpc) is 2.53. The minimum Gasteiger partial charge on any atom is -0.507 e. The first-order valence-corrected chi connectivity index (χ1v) is 8.93. The van der Waals surface area contributed by atoms with E-state index in [9.17, 15) is 15.2 Å². The number of nitrogens with one attached hydrogen (secondary N) is 1. The van der Waals surface area contributed by atoms with Crippen LogP contribution in [0.15, 0.2) is 36.4 Å². The van der Waals surface area contributed by atoms with Crippen molar-refractivity contribution >= 4 is 17.1 Å². The predicted octanol–water partition coefficient (Wildman–Crippen LogP) is 5.36. The minimum atomic E-state index is -0.418. The molecule has 0 aliphatic rings. The number of hydrazine groups is 1. The van der Waals surface area contributed by atoms with Gasteiger partial charge in [-0.2, -0.15) is 0 Å². The number of phenols is 1. The molecule has 0 spiro atoms. The lowest BCUT2D eigenvalue weighted by Crippen LogP contribution is -2.26. The molecule has 0 fully saturated rings. The van der Waals surface area contributed by atoms with Gasteiger partial charge in [0.15, 0.2) is 0 Å². The van der Waals surface area contributed by atoms with Crippen LogP contribution in [-0.4, -0.2) is 17.1 Å². The van der Waals surface area contributed by atoms with E-state index in [0.29, 0.717) is 5.75 Å². The number of nitro groups is 1. The van der Waals surface area contributed by atoms with Gasteiger partial charge in [-0.05, 0) is 35.1 Å². The molecule has 0 unspecified atom stereocenters. The molecule has 6 heteroatoms. The third-order valence-electron chi connectivity index (χ3n) is 4.47. The van der Waals surface area contributed by atoms with Crippen molar-refractivity contribution < 1.29 is 10.0 Å². The third kappa shape index (κ3) is 4.70. The summed E-state index contributed by atoms with van der Waals surface area (Å²) in [6, 6.07) is 10.2. The highest BCUT2D eigenvalue weighted by Gasteiger charge is 2.27. The van der Waals surface area contributed by atoms with Crippen molar-refractivity contribution in [3.8, 4) is 5.75 Å². The van der Waals surface area contributed by atoms with Gasteiger partial charge in [-0.3, -0.25) is 20.5 Å². The second kappa shape index (κ2) is 7.10. The second-order valence-electron chi connectivity index (χ2n) is 8.86. The largest absolute Gasteiger partial charge is 0.507 e. The molecule has 0 saturated carbocycles. The van der Waals surface area contributed by atoms with Crippen molar-refractivity contribution in [2.75, 3.05) is 17.5 Å². The molecule has 2 aromatic carbocycles. The van der Waals surface area contributed by atoms with Gasteiger partial charge in [-0.25, -0.2) is 0 Å². The molecule has 0 bridgehead atoms. The highest BCUT2D eigenvalue weighted by molar-refractivity contribution is 5.63. The number of aromatic hydroxyl groups is 1. The maximum Gasteiger partial charge on any atom is 0.269 e. The molecule has 0 saturated heterocycles. The Morgan fingerprint density at radius 2 is 1.41 bits per heavy atom. The lowest BCUT2D eigenvalue weighted by molar-refractivity contribution is -0.384. The van der Waals surface area contributed by atoms with Crippen LogP contribution in [0.1, 0.15) is 52.7 Å². The average molecular weight is 371 g/mol. The first-order chi connectivity index (χ1) is 12.3. The van der Waals surface area contributed by atoms with Crippen LogP contribution in [0.25, 0.3) is 0 Å². The van der Waals surface area contributed by atoms with Gasteiger partial charge >= 0.3 is 0 Å². The maximum atomic E-state index is 10.8. The summed E-state index contributed by atoms with van der Waals surface area (Å²) in [6.07, 6.45) is 0. The Labute approximate surface area is 161 Å². The zero-order valence-corrected chi connectivity index (χ0v) is 17.1. The van der Waals surface area contributed by atoms with E-state index in [0.717, 1.165) is 22.5 Å². The highest BCUT2D eigenvalue weighted by Crippen LogP contribution is 2.41. The summed E-state index contributed by atoms with van der Waals surface area (Å²) in [5.41, 5.74) is 6.26. The topological polar surface area (TPSA) is 78.6 Å². The maximum absolute atomic E-state index is 10.8. The van der Waals surface area contributed by atoms with Crippen LogP contribution >= 0.6 is 0 Å². The number of hydrogen-bond acceptors (Lipinski definition) is 5. The quantitative estimate of drug-likeness (QED) is 0.559.